The molecular formula is C27H25N3O4. The molecule has 5 rings (SSSR count). The molecule has 1 saturated heterocycles. The van der Waals surface area contributed by atoms with E-state index in [1.165, 1.54) is 4.90 Å². The predicted octanol–water partition coefficient (Wildman–Crippen LogP) is 4.70. The number of hydrogen-bond acceptors (Lipinski definition) is 5. The van der Waals surface area contributed by atoms with Crippen LogP contribution in [0.25, 0.3) is 0 Å². The van der Waals surface area contributed by atoms with Crippen LogP contribution in [0.2, 0.25) is 0 Å². The van der Waals surface area contributed by atoms with Gasteiger partial charge in [-0.1, -0.05) is 42.5 Å². The molecule has 2 aliphatic heterocycles. The lowest BCUT2D eigenvalue weighted by Gasteiger charge is -2.32. The maximum atomic E-state index is 12.7. The number of nitrogens with one attached hydrogen (secondary N) is 1. The van der Waals surface area contributed by atoms with Crippen LogP contribution in [-0.4, -0.2) is 41.9 Å². The number of amides is 3. The minimum absolute atomic E-state index is 0.225. The SMILES string of the molecule is O=C(OCc1ccccc1)N1CCC(Nc2ccc(N3C(=O)c4ccccc4C3=O)cc2)CC1. The molecule has 0 aliphatic carbocycles. The minimum Gasteiger partial charge on any atom is -0.445 e. The Balaban J connectivity index is 1.13. The summed E-state index contributed by atoms with van der Waals surface area (Å²) in [6.45, 7) is 1.52. The van der Waals surface area contributed by atoms with Gasteiger partial charge in [-0.15, -0.1) is 0 Å². The Morgan fingerprint density at radius 2 is 1.41 bits per heavy atom. The van der Waals surface area contributed by atoms with E-state index in [1.54, 1.807) is 41.3 Å². The number of ether oxygens (including phenoxy) is 1. The van der Waals surface area contributed by atoms with Gasteiger partial charge in [0.05, 0.1) is 16.8 Å². The Morgan fingerprint density at radius 3 is 2.03 bits per heavy atom. The van der Waals surface area contributed by atoms with Crippen LogP contribution in [0.15, 0.2) is 78.9 Å². The van der Waals surface area contributed by atoms with Crippen LogP contribution in [0.5, 0.6) is 0 Å². The molecule has 3 aromatic rings. The Morgan fingerprint density at radius 1 is 0.824 bits per heavy atom. The number of fused-ring (bicyclic) bond motifs is 1. The number of anilines is 2. The van der Waals surface area contributed by atoms with Crippen molar-refractivity contribution in [1.82, 2.24) is 4.90 Å². The van der Waals surface area contributed by atoms with Crippen LogP contribution in [0.3, 0.4) is 0 Å². The molecule has 0 radical (unpaired) electrons. The quantitative estimate of drug-likeness (QED) is 0.564. The van der Waals surface area contributed by atoms with Gasteiger partial charge >= 0.3 is 6.09 Å². The fourth-order valence-electron chi connectivity index (χ4n) is 4.38. The summed E-state index contributed by atoms with van der Waals surface area (Å²) in [7, 11) is 0. The van der Waals surface area contributed by atoms with E-state index >= 15 is 0 Å². The van der Waals surface area contributed by atoms with Gasteiger partial charge in [0.1, 0.15) is 6.61 Å². The van der Waals surface area contributed by atoms with Crippen LogP contribution in [0.4, 0.5) is 16.2 Å². The number of rotatable bonds is 5. The minimum atomic E-state index is -0.298. The van der Waals surface area contributed by atoms with Crippen molar-refractivity contribution < 1.29 is 19.1 Å². The molecule has 34 heavy (non-hydrogen) atoms. The van der Waals surface area contributed by atoms with Crippen LogP contribution in [0.1, 0.15) is 39.1 Å². The van der Waals surface area contributed by atoms with E-state index < -0.39 is 0 Å². The molecule has 1 fully saturated rings. The summed E-state index contributed by atoms with van der Waals surface area (Å²) >= 11 is 0. The Bertz CT molecular complexity index is 1170. The summed E-state index contributed by atoms with van der Waals surface area (Å²) in [6.07, 6.45) is 1.33. The standard InChI is InChI=1S/C27H25N3O4/c31-25-23-8-4-5-9-24(23)26(32)30(25)22-12-10-20(11-13-22)28-21-14-16-29(17-15-21)27(33)34-18-19-6-2-1-3-7-19/h1-13,21,28H,14-18H2. The van der Waals surface area contributed by atoms with E-state index in [0.29, 0.717) is 29.9 Å². The summed E-state index contributed by atoms with van der Waals surface area (Å²) in [5, 5.41) is 3.49. The van der Waals surface area contributed by atoms with Gasteiger partial charge in [-0.25, -0.2) is 9.69 Å². The smallest absolute Gasteiger partial charge is 0.410 e. The zero-order chi connectivity index (χ0) is 23.5. The molecule has 3 amide bonds. The van der Waals surface area contributed by atoms with Crippen molar-refractivity contribution in [3.05, 3.63) is 95.6 Å². The Kier molecular flexibility index (Phi) is 5.99. The number of nitrogens with zero attached hydrogens (tertiary/aromatic N) is 2. The zero-order valence-electron chi connectivity index (χ0n) is 18.6. The number of hydrogen-bond donors (Lipinski definition) is 1. The van der Waals surface area contributed by atoms with Gasteiger partial charge in [-0.3, -0.25) is 9.59 Å². The van der Waals surface area contributed by atoms with Gasteiger partial charge in [-0.2, -0.15) is 0 Å². The number of carbonyl (C=O) groups excluding carboxylic acids is 3. The van der Waals surface area contributed by atoms with Gasteiger partial charge in [0, 0.05) is 24.8 Å². The highest BCUT2D eigenvalue weighted by atomic mass is 16.6. The monoisotopic (exact) mass is 455 g/mol. The number of carbonyl (C=O) groups is 3. The normalized spacial score (nSPS) is 15.9. The van der Waals surface area contributed by atoms with Gasteiger partial charge in [-0.05, 0) is 54.8 Å². The molecule has 0 atom stereocenters. The summed E-state index contributed by atoms with van der Waals surface area (Å²) < 4.78 is 5.43. The highest BCUT2D eigenvalue weighted by Crippen LogP contribution is 2.29. The third-order valence-corrected chi connectivity index (χ3v) is 6.25. The molecule has 0 aromatic heterocycles. The molecule has 0 bridgehead atoms. The van der Waals surface area contributed by atoms with Crippen LogP contribution < -0.4 is 10.2 Å². The molecule has 0 spiro atoms. The highest BCUT2D eigenvalue weighted by Gasteiger charge is 2.36. The molecule has 2 aliphatic rings. The highest BCUT2D eigenvalue weighted by molar-refractivity contribution is 6.34. The average molecular weight is 456 g/mol. The summed E-state index contributed by atoms with van der Waals surface area (Å²) in [4.78, 5) is 40.7. The topological polar surface area (TPSA) is 79.0 Å². The Labute approximate surface area is 197 Å². The van der Waals surface area contributed by atoms with E-state index in [9.17, 15) is 14.4 Å². The molecule has 172 valence electrons. The summed E-state index contributed by atoms with van der Waals surface area (Å²) in [5.74, 6) is -0.597. The number of imide groups is 1. The second kappa shape index (κ2) is 9.39. The van der Waals surface area contributed by atoms with Crippen LogP contribution in [0, 0.1) is 0 Å². The lowest BCUT2D eigenvalue weighted by Crippen LogP contribution is -2.42. The third kappa shape index (κ3) is 4.37. The van der Waals surface area contributed by atoms with Gasteiger partial charge in [0.25, 0.3) is 11.8 Å². The maximum absolute atomic E-state index is 12.7. The van der Waals surface area contributed by atoms with Gasteiger partial charge in [0.15, 0.2) is 0 Å². The number of likely N-dealkylation sites (tertiary alicyclic amines) is 1. The first kappa shape index (κ1) is 21.7. The van der Waals surface area contributed by atoms with Crippen molar-refractivity contribution in [3.63, 3.8) is 0 Å². The molecule has 0 unspecified atom stereocenters. The number of benzene rings is 3. The molecule has 2 heterocycles. The number of piperidine rings is 1. The van der Waals surface area contributed by atoms with Crippen molar-refractivity contribution in [2.75, 3.05) is 23.3 Å². The van der Waals surface area contributed by atoms with Crippen molar-refractivity contribution in [2.45, 2.75) is 25.5 Å². The maximum Gasteiger partial charge on any atom is 0.410 e. The third-order valence-electron chi connectivity index (χ3n) is 6.25. The molecule has 1 N–H and O–H groups in total. The van der Waals surface area contributed by atoms with E-state index in [2.05, 4.69) is 5.32 Å². The largest absolute Gasteiger partial charge is 0.445 e. The van der Waals surface area contributed by atoms with E-state index in [4.69, 9.17) is 4.74 Å². The van der Waals surface area contributed by atoms with Crippen molar-refractivity contribution in [2.24, 2.45) is 0 Å². The average Bonchev–Trinajstić information content (AvgIpc) is 3.14. The van der Waals surface area contributed by atoms with Gasteiger partial charge in [0.2, 0.25) is 0 Å². The molecular weight excluding hydrogens is 430 g/mol. The van der Waals surface area contributed by atoms with Crippen LogP contribution in [-0.2, 0) is 11.3 Å². The molecule has 3 aromatic carbocycles. The molecule has 0 saturated carbocycles. The lowest BCUT2D eigenvalue weighted by molar-refractivity contribution is 0.0879. The second-order valence-corrected chi connectivity index (χ2v) is 8.48. The first-order valence-electron chi connectivity index (χ1n) is 11.4. The summed E-state index contributed by atoms with van der Waals surface area (Å²) in [6, 6.07) is 24.0. The first-order valence-corrected chi connectivity index (χ1v) is 11.4. The second-order valence-electron chi connectivity index (χ2n) is 8.48. The van der Waals surface area contributed by atoms with Crippen LogP contribution >= 0.6 is 0 Å². The predicted molar refractivity (Wildman–Crippen MR) is 129 cm³/mol. The van der Waals surface area contributed by atoms with E-state index in [1.807, 2.05) is 42.5 Å². The van der Waals surface area contributed by atoms with Crippen molar-refractivity contribution >= 4 is 29.3 Å². The summed E-state index contributed by atoms with van der Waals surface area (Å²) in [5.41, 5.74) is 3.29. The molecule has 7 heteroatoms. The first-order chi connectivity index (χ1) is 16.6. The zero-order valence-corrected chi connectivity index (χ0v) is 18.6. The Hall–Kier alpha value is -4.13. The van der Waals surface area contributed by atoms with Gasteiger partial charge < -0.3 is 15.0 Å². The molecule has 7 nitrogen and oxygen atoms in total. The van der Waals surface area contributed by atoms with Crippen molar-refractivity contribution in [1.29, 1.82) is 0 Å². The van der Waals surface area contributed by atoms with E-state index in [-0.39, 0.29) is 30.6 Å². The fraction of sp³-hybridized carbons (Fsp3) is 0.222. The van der Waals surface area contributed by atoms with E-state index in [0.717, 1.165) is 24.1 Å². The van der Waals surface area contributed by atoms with Crippen molar-refractivity contribution in [3.8, 4) is 0 Å². The lowest BCUT2D eigenvalue weighted by atomic mass is 10.0. The fourth-order valence-corrected chi connectivity index (χ4v) is 4.38.